The summed E-state index contributed by atoms with van der Waals surface area (Å²) in [5, 5.41) is 5.22. The van der Waals surface area contributed by atoms with E-state index >= 15 is 0 Å². The third-order valence-electron chi connectivity index (χ3n) is 4.04. The molecule has 0 saturated carbocycles. The fourth-order valence-corrected chi connectivity index (χ4v) is 4.29. The van der Waals surface area contributed by atoms with E-state index in [4.69, 9.17) is 33.3 Å². The van der Waals surface area contributed by atoms with Gasteiger partial charge in [0, 0.05) is 27.9 Å². The van der Waals surface area contributed by atoms with Gasteiger partial charge in [-0.3, -0.25) is 0 Å². The van der Waals surface area contributed by atoms with E-state index in [9.17, 15) is 0 Å². The maximum Gasteiger partial charge on any atom is 0.127 e. The molecule has 0 amide bonds. The second kappa shape index (κ2) is 7.60. The van der Waals surface area contributed by atoms with Crippen LogP contribution in [0.15, 0.2) is 36.4 Å². The number of methoxy groups -OCH3 is 2. The molecule has 0 radical (unpaired) electrons. The molecule has 0 saturated heterocycles. The number of halogens is 1. The van der Waals surface area contributed by atoms with E-state index in [1.54, 1.807) is 25.6 Å². The molecule has 0 atom stereocenters. The van der Waals surface area contributed by atoms with E-state index in [2.05, 4.69) is 12.2 Å². The summed E-state index contributed by atoms with van der Waals surface area (Å²) in [5.41, 5.74) is 2.18. The van der Waals surface area contributed by atoms with Gasteiger partial charge in [0.15, 0.2) is 0 Å². The molecule has 0 aliphatic carbocycles. The lowest BCUT2D eigenvalue weighted by atomic mass is 10.1. The SMILES string of the molecule is COc1ccc(CNC(=S)c2sc3ccc(Cl)cc3c2C)c(OC)c1. The van der Waals surface area contributed by atoms with Crippen molar-refractivity contribution in [1.29, 1.82) is 0 Å². The van der Waals surface area contributed by atoms with Crippen LogP contribution in [-0.4, -0.2) is 19.2 Å². The molecule has 3 nitrogen and oxygen atoms in total. The highest BCUT2D eigenvalue weighted by atomic mass is 35.5. The Hall–Kier alpha value is -1.82. The van der Waals surface area contributed by atoms with Crippen LogP contribution in [0, 0.1) is 6.92 Å². The van der Waals surface area contributed by atoms with Crippen molar-refractivity contribution in [2.24, 2.45) is 0 Å². The molecule has 6 heteroatoms. The number of nitrogens with one attached hydrogen (secondary N) is 1. The minimum atomic E-state index is 0.584. The van der Waals surface area contributed by atoms with Gasteiger partial charge in [-0.05, 0) is 48.2 Å². The number of benzene rings is 2. The first-order valence-corrected chi connectivity index (χ1v) is 9.31. The number of fused-ring (bicyclic) bond motifs is 1. The minimum Gasteiger partial charge on any atom is -0.497 e. The van der Waals surface area contributed by atoms with E-state index in [1.165, 1.54) is 4.70 Å². The van der Waals surface area contributed by atoms with Gasteiger partial charge in [0.05, 0.1) is 19.1 Å². The topological polar surface area (TPSA) is 30.5 Å². The largest absolute Gasteiger partial charge is 0.497 e. The highest BCUT2D eigenvalue weighted by Gasteiger charge is 2.13. The summed E-state index contributed by atoms with van der Waals surface area (Å²) in [5.74, 6) is 1.54. The van der Waals surface area contributed by atoms with Gasteiger partial charge in [-0.2, -0.15) is 0 Å². The summed E-state index contributed by atoms with van der Waals surface area (Å²) < 4.78 is 11.8. The van der Waals surface area contributed by atoms with E-state index < -0.39 is 0 Å². The van der Waals surface area contributed by atoms with Crippen molar-refractivity contribution in [3.63, 3.8) is 0 Å². The maximum absolute atomic E-state index is 6.11. The van der Waals surface area contributed by atoms with Crippen LogP contribution in [0.3, 0.4) is 0 Å². The van der Waals surface area contributed by atoms with Crippen molar-refractivity contribution < 1.29 is 9.47 Å². The summed E-state index contributed by atoms with van der Waals surface area (Å²) in [6.07, 6.45) is 0. The fraction of sp³-hybridized carbons (Fsp3) is 0.211. The Kier molecular flexibility index (Phi) is 5.47. The highest BCUT2D eigenvalue weighted by molar-refractivity contribution is 7.81. The van der Waals surface area contributed by atoms with Crippen LogP contribution in [0.25, 0.3) is 10.1 Å². The molecule has 3 rings (SSSR count). The highest BCUT2D eigenvalue weighted by Crippen LogP contribution is 2.33. The zero-order valence-corrected chi connectivity index (χ0v) is 16.6. The number of thiophene rings is 1. The molecule has 0 aliphatic rings. The van der Waals surface area contributed by atoms with Crippen molar-refractivity contribution in [1.82, 2.24) is 5.32 Å². The molecule has 25 heavy (non-hydrogen) atoms. The molecular formula is C19H18ClNO2S2. The van der Waals surface area contributed by atoms with Crippen LogP contribution in [0.2, 0.25) is 5.02 Å². The van der Waals surface area contributed by atoms with Gasteiger partial charge in [-0.1, -0.05) is 23.8 Å². The number of rotatable bonds is 5. The van der Waals surface area contributed by atoms with Gasteiger partial charge in [-0.25, -0.2) is 0 Å². The van der Waals surface area contributed by atoms with Gasteiger partial charge in [0.25, 0.3) is 0 Å². The number of hydrogen-bond acceptors (Lipinski definition) is 4. The smallest absolute Gasteiger partial charge is 0.127 e. The third-order valence-corrected chi connectivity index (χ3v) is 6.04. The van der Waals surface area contributed by atoms with Crippen molar-refractivity contribution in [2.45, 2.75) is 13.5 Å². The zero-order chi connectivity index (χ0) is 18.0. The van der Waals surface area contributed by atoms with Crippen molar-refractivity contribution >= 4 is 50.2 Å². The molecule has 0 bridgehead atoms. The fourth-order valence-electron chi connectivity index (χ4n) is 2.66. The summed E-state index contributed by atoms with van der Waals surface area (Å²) >= 11 is 13.4. The summed E-state index contributed by atoms with van der Waals surface area (Å²) in [7, 11) is 3.29. The van der Waals surface area contributed by atoms with Crippen molar-refractivity contribution in [3.05, 3.63) is 57.4 Å². The first kappa shape index (κ1) is 18.0. The van der Waals surface area contributed by atoms with Crippen LogP contribution in [0.4, 0.5) is 0 Å². The Morgan fingerprint density at radius 3 is 2.68 bits per heavy atom. The van der Waals surface area contributed by atoms with E-state index in [-0.39, 0.29) is 0 Å². The molecule has 2 aromatic carbocycles. The normalized spacial score (nSPS) is 10.7. The van der Waals surface area contributed by atoms with Crippen LogP contribution in [0.1, 0.15) is 16.0 Å². The first-order chi connectivity index (χ1) is 12.0. The molecular weight excluding hydrogens is 374 g/mol. The van der Waals surface area contributed by atoms with Crippen LogP contribution in [0.5, 0.6) is 11.5 Å². The summed E-state index contributed by atoms with van der Waals surface area (Å²) in [4.78, 5) is 1.80. The number of thiocarbonyl (C=S) groups is 1. The average molecular weight is 392 g/mol. The van der Waals surface area contributed by atoms with Crippen molar-refractivity contribution in [3.8, 4) is 11.5 Å². The lowest BCUT2D eigenvalue weighted by Gasteiger charge is -2.12. The number of hydrogen-bond donors (Lipinski definition) is 1. The Balaban J connectivity index is 1.80. The number of ether oxygens (including phenoxy) is 2. The van der Waals surface area contributed by atoms with Gasteiger partial charge in [-0.15, -0.1) is 11.3 Å². The monoisotopic (exact) mass is 391 g/mol. The van der Waals surface area contributed by atoms with E-state index in [0.29, 0.717) is 6.54 Å². The molecule has 0 fully saturated rings. The van der Waals surface area contributed by atoms with E-state index in [1.807, 2.05) is 36.4 Å². The lowest BCUT2D eigenvalue weighted by molar-refractivity contribution is 0.390. The van der Waals surface area contributed by atoms with Gasteiger partial charge >= 0.3 is 0 Å². The summed E-state index contributed by atoms with van der Waals surface area (Å²) in [6.45, 7) is 2.66. The minimum absolute atomic E-state index is 0.584. The standard InChI is InChI=1S/C19H18ClNO2S2/c1-11-15-8-13(20)5-7-17(15)25-18(11)19(24)21-10-12-4-6-14(22-2)9-16(12)23-3/h4-9H,10H2,1-3H3,(H,21,24). The molecule has 1 heterocycles. The second-order valence-corrected chi connectivity index (χ2v) is 7.45. The molecule has 130 valence electrons. The van der Waals surface area contributed by atoms with Crippen molar-refractivity contribution in [2.75, 3.05) is 14.2 Å². The van der Waals surface area contributed by atoms with Crippen LogP contribution < -0.4 is 14.8 Å². The third kappa shape index (κ3) is 3.73. The Morgan fingerprint density at radius 1 is 1.16 bits per heavy atom. The number of aryl methyl sites for hydroxylation is 1. The molecule has 0 unspecified atom stereocenters. The quantitative estimate of drug-likeness (QED) is 0.594. The Bertz CT molecular complexity index is 937. The van der Waals surface area contributed by atoms with Crippen LogP contribution in [-0.2, 0) is 6.54 Å². The molecule has 1 N–H and O–H groups in total. The van der Waals surface area contributed by atoms with Crippen LogP contribution >= 0.6 is 35.2 Å². The van der Waals surface area contributed by atoms with E-state index in [0.717, 1.165) is 42.9 Å². The Morgan fingerprint density at radius 2 is 1.96 bits per heavy atom. The predicted molar refractivity (Wildman–Crippen MR) is 110 cm³/mol. The van der Waals surface area contributed by atoms with Gasteiger partial charge in [0.1, 0.15) is 16.5 Å². The van der Waals surface area contributed by atoms with Gasteiger partial charge in [0.2, 0.25) is 0 Å². The molecule has 3 aromatic rings. The second-order valence-electron chi connectivity index (χ2n) is 5.56. The molecule has 1 aromatic heterocycles. The maximum atomic E-state index is 6.11. The predicted octanol–water partition coefficient (Wildman–Crippen LogP) is 5.35. The average Bonchev–Trinajstić information content (AvgIpc) is 2.96. The lowest BCUT2D eigenvalue weighted by Crippen LogP contribution is -2.21. The first-order valence-electron chi connectivity index (χ1n) is 7.71. The summed E-state index contributed by atoms with van der Waals surface area (Å²) in [6, 6.07) is 11.7. The molecule has 0 spiro atoms. The molecule has 0 aliphatic heterocycles. The van der Waals surface area contributed by atoms with Gasteiger partial charge < -0.3 is 14.8 Å². The zero-order valence-electron chi connectivity index (χ0n) is 14.2. The Labute approximate surface area is 161 Å².